The van der Waals surface area contributed by atoms with Gasteiger partial charge in [-0.15, -0.1) is 0 Å². The van der Waals surface area contributed by atoms with Crippen molar-refractivity contribution in [1.29, 1.82) is 0 Å². The maximum absolute atomic E-state index is 12.2. The molecule has 2 aromatic rings. The van der Waals surface area contributed by atoms with Gasteiger partial charge >= 0.3 is 6.09 Å². The van der Waals surface area contributed by atoms with Crippen LogP contribution < -0.4 is 0 Å². The second kappa shape index (κ2) is 5.02. The smallest absolute Gasteiger partial charge is 0.410 e. The van der Waals surface area contributed by atoms with Crippen LogP contribution in [0, 0.1) is 0 Å². The van der Waals surface area contributed by atoms with Crippen LogP contribution in [0.15, 0.2) is 22.8 Å². The van der Waals surface area contributed by atoms with Crippen molar-refractivity contribution in [2.75, 3.05) is 6.54 Å². The molecule has 3 rings (SSSR count). The standard InChI is InChI=1S/C15H18BrN3O2/c1-15(2,3)21-14(20)18-7-6-11-12(9-18)19-8-10(16)4-5-13(19)17-11/h4-5,8H,6-7,9H2,1-3H3. The van der Waals surface area contributed by atoms with Crippen LogP contribution in [0.3, 0.4) is 0 Å². The number of imidazole rings is 1. The summed E-state index contributed by atoms with van der Waals surface area (Å²) >= 11 is 3.47. The Bertz CT molecular complexity index is 703. The molecule has 1 aliphatic heterocycles. The van der Waals surface area contributed by atoms with Crippen molar-refractivity contribution in [3.63, 3.8) is 0 Å². The first kappa shape index (κ1) is 14.4. The number of amides is 1. The van der Waals surface area contributed by atoms with E-state index in [1.807, 2.05) is 43.5 Å². The summed E-state index contributed by atoms with van der Waals surface area (Å²) < 4.78 is 8.48. The van der Waals surface area contributed by atoms with Crippen molar-refractivity contribution in [2.24, 2.45) is 0 Å². The molecular weight excluding hydrogens is 334 g/mol. The fraction of sp³-hybridized carbons (Fsp3) is 0.467. The Morgan fingerprint density at radius 2 is 2.14 bits per heavy atom. The van der Waals surface area contributed by atoms with E-state index in [1.165, 1.54) is 0 Å². The van der Waals surface area contributed by atoms with Gasteiger partial charge in [0.1, 0.15) is 11.2 Å². The predicted molar refractivity (Wildman–Crippen MR) is 83.2 cm³/mol. The third-order valence-corrected chi connectivity index (χ3v) is 3.84. The van der Waals surface area contributed by atoms with E-state index >= 15 is 0 Å². The molecule has 0 bridgehead atoms. The predicted octanol–water partition coefficient (Wildman–Crippen LogP) is 3.39. The molecule has 2 aromatic heterocycles. The molecule has 0 fully saturated rings. The fourth-order valence-electron chi connectivity index (χ4n) is 2.47. The minimum Gasteiger partial charge on any atom is -0.444 e. The molecule has 1 aliphatic rings. The SMILES string of the molecule is CC(C)(C)OC(=O)N1CCc2nc3ccc(Br)cn3c2C1. The van der Waals surface area contributed by atoms with Crippen LogP contribution in [-0.2, 0) is 17.7 Å². The Balaban J connectivity index is 1.89. The second-order valence-electron chi connectivity index (χ2n) is 6.23. The third-order valence-electron chi connectivity index (χ3n) is 3.38. The first-order valence-corrected chi connectivity index (χ1v) is 7.76. The number of ether oxygens (including phenoxy) is 1. The minimum atomic E-state index is -0.472. The number of pyridine rings is 1. The maximum atomic E-state index is 12.2. The lowest BCUT2D eigenvalue weighted by Crippen LogP contribution is -2.40. The number of fused-ring (bicyclic) bond motifs is 3. The van der Waals surface area contributed by atoms with E-state index in [4.69, 9.17) is 4.74 Å². The van der Waals surface area contributed by atoms with Crippen LogP contribution in [0.5, 0.6) is 0 Å². The van der Waals surface area contributed by atoms with Gasteiger partial charge in [-0.3, -0.25) is 0 Å². The van der Waals surface area contributed by atoms with E-state index in [0.717, 1.165) is 27.9 Å². The summed E-state index contributed by atoms with van der Waals surface area (Å²) in [6.07, 6.45) is 2.48. The van der Waals surface area contributed by atoms with Gasteiger partial charge in [-0.1, -0.05) is 0 Å². The Labute approximate surface area is 132 Å². The zero-order valence-corrected chi connectivity index (χ0v) is 14.0. The van der Waals surface area contributed by atoms with Gasteiger partial charge < -0.3 is 14.0 Å². The van der Waals surface area contributed by atoms with Crippen molar-refractivity contribution in [2.45, 2.75) is 39.3 Å². The lowest BCUT2D eigenvalue weighted by atomic mass is 10.1. The molecule has 0 N–H and O–H groups in total. The van der Waals surface area contributed by atoms with E-state index in [1.54, 1.807) is 4.90 Å². The van der Waals surface area contributed by atoms with Crippen molar-refractivity contribution >= 4 is 27.7 Å². The van der Waals surface area contributed by atoms with Crippen LogP contribution in [0.2, 0.25) is 0 Å². The number of carbonyl (C=O) groups excluding carboxylic acids is 1. The Morgan fingerprint density at radius 1 is 1.38 bits per heavy atom. The highest BCUT2D eigenvalue weighted by molar-refractivity contribution is 9.10. The molecule has 0 aromatic carbocycles. The van der Waals surface area contributed by atoms with Gasteiger partial charge in [0.05, 0.1) is 17.9 Å². The molecular formula is C15H18BrN3O2. The van der Waals surface area contributed by atoms with Gasteiger partial charge in [0, 0.05) is 23.6 Å². The minimum absolute atomic E-state index is 0.266. The van der Waals surface area contributed by atoms with E-state index in [-0.39, 0.29) is 6.09 Å². The number of hydrogen-bond donors (Lipinski definition) is 0. The Hall–Kier alpha value is -1.56. The largest absolute Gasteiger partial charge is 0.444 e. The van der Waals surface area contributed by atoms with Gasteiger partial charge in [0.2, 0.25) is 0 Å². The molecule has 1 amide bonds. The first-order valence-electron chi connectivity index (χ1n) is 6.97. The molecule has 0 unspecified atom stereocenters. The quantitative estimate of drug-likeness (QED) is 0.730. The molecule has 6 heteroatoms. The summed E-state index contributed by atoms with van der Waals surface area (Å²) in [5.74, 6) is 0. The number of hydrogen-bond acceptors (Lipinski definition) is 3. The zero-order valence-electron chi connectivity index (χ0n) is 12.4. The summed E-state index contributed by atoms with van der Waals surface area (Å²) in [4.78, 5) is 18.6. The van der Waals surface area contributed by atoms with E-state index in [0.29, 0.717) is 13.1 Å². The molecule has 3 heterocycles. The fourth-order valence-corrected chi connectivity index (χ4v) is 2.80. The van der Waals surface area contributed by atoms with E-state index in [2.05, 4.69) is 20.9 Å². The average Bonchev–Trinajstić information content (AvgIpc) is 2.74. The molecule has 21 heavy (non-hydrogen) atoms. The summed E-state index contributed by atoms with van der Waals surface area (Å²) in [6, 6.07) is 3.94. The number of aromatic nitrogens is 2. The number of carbonyl (C=O) groups is 1. The van der Waals surface area contributed by atoms with Gasteiger partial charge in [0.25, 0.3) is 0 Å². The number of halogens is 1. The lowest BCUT2D eigenvalue weighted by Gasteiger charge is -2.29. The molecule has 0 saturated heterocycles. The monoisotopic (exact) mass is 351 g/mol. The van der Waals surface area contributed by atoms with Crippen molar-refractivity contribution in [1.82, 2.24) is 14.3 Å². The van der Waals surface area contributed by atoms with Crippen molar-refractivity contribution in [3.05, 3.63) is 34.2 Å². The normalized spacial score (nSPS) is 15.1. The third kappa shape index (κ3) is 2.90. The molecule has 0 spiro atoms. The van der Waals surface area contributed by atoms with Crippen LogP contribution in [0.1, 0.15) is 32.2 Å². The highest BCUT2D eigenvalue weighted by Crippen LogP contribution is 2.23. The number of nitrogens with zero attached hydrogens (tertiary/aromatic N) is 3. The number of rotatable bonds is 0. The zero-order chi connectivity index (χ0) is 15.2. The van der Waals surface area contributed by atoms with Gasteiger partial charge in [0.15, 0.2) is 0 Å². The van der Waals surface area contributed by atoms with Crippen LogP contribution in [0.4, 0.5) is 4.79 Å². The topological polar surface area (TPSA) is 46.8 Å². The molecule has 0 atom stereocenters. The lowest BCUT2D eigenvalue weighted by molar-refractivity contribution is 0.0220. The Morgan fingerprint density at radius 3 is 2.86 bits per heavy atom. The average molecular weight is 352 g/mol. The summed E-state index contributed by atoms with van der Waals surface area (Å²) in [6.45, 7) is 6.82. The molecule has 112 valence electrons. The highest BCUT2D eigenvalue weighted by Gasteiger charge is 2.28. The molecule has 0 saturated carbocycles. The highest BCUT2D eigenvalue weighted by atomic mass is 79.9. The van der Waals surface area contributed by atoms with Crippen LogP contribution in [-0.4, -0.2) is 32.5 Å². The van der Waals surface area contributed by atoms with Crippen LogP contribution >= 0.6 is 15.9 Å². The van der Waals surface area contributed by atoms with Gasteiger partial charge in [-0.25, -0.2) is 9.78 Å². The first-order chi connectivity index (χ1) is 9.83. The molecule has 5 nitrogen and oxygen atoms in total. The summed E-state index contributed by atoms with van der Waals surface area (Å²) in [5.41, 5.74) is 2.56. The summed E-state index contributed by atoms with van der Waals surface area (Å²) in [5, 5.41) is 0. The maximum Gasteiger partial charge on any atom is 0.410 e. The second-order valence-corrected chi connectivity index (χ2v) is 7.15. The van der Waals surface area contributed by atoms with E-state index < -0.39 is 5.60 Å². The molecule has 0 radical (unpaired) electrons. The van der Waals surface area contributed by atoms with E-state index in [9.17, 15) is 4.79 Å². The summed E-state index contributed by atoms with van der Waals surface area (Å²) in [7, 11) is 0. The molecule has 0 aliphatic carbocycles. The Kier molecular flexibility index (Phi) is 3.43. The van der Waals surface area contributed by atoms with Gasteiger partial charge in [-0.2, -0.15) is 0 Å². The van der Waals surface area contributed by atoms with Crippen LogP contribution in [0.25, 0.3) is 5.65 Å². The van der Waals surface area contributed by atoms with Crippen molar-refractivity contribution in [3.8, 4) is 0 Å². The van der Waals surface area contributed by atoms with Crippen molar-refractivity contribution < 1.29 is 9.53 Å². The van der Waals surface area contributed by atoms with Gasteiger partial charge in [-0.05, 0) is 48.8 Å².